The number of hydrazine groups is 1. The third kappa shape index (κ3) is 3.91. The fourth-order valence-electron chi connectivity index (χ4n) is 3.01. The summed E-state index contributed by atoms with van der Waals surface area (Å²) in [4.78, 5) is 11.3. The number of nitrogens with one attached hydrogen (secondary N) is 1. The summed E-state index contributed by atoms with van der Waals surface area (Å²) in [6, 6.07) is 0. The number of rotatable bonds is 4. The fraction of sp³-hybridized carbons (Fsp3) is 0.929. The van der Waals surface area contributed by atoms with Crippen molar-refractivity contribution in [2.75, 3.05) is 6.61 Å². The molecule has 5 atom stereocenters. The first-order valence-electron chi connectivity index (χ1n) is 7.37. The Morgan fingerprint density at radius 2 is 2.05 bits per heavy atom. The molecule has 5 unspecified atom stereocenters. The van der Waals surface area contributed by atoms with Crippen LogP contribution in [0.5, 0.6) is 0 Å². The van der Waals surface area contributed by atoms with Crippen LogP contribution in [0, 0.1) is 11.8 Å². The van der Waals surface area contributed by atoms with Crippen molar-refractivity contribution in [3.8, 4) is 0 Å². The predicted molar refractivity (Wildman–Crippen MR) is 72.1 cm³/mol. The highest BCUT2D eigenvalue weighted by molar-refractivity contribution is 5.80. The van der Waals surface area contributed by atoms with E-state index < -0.39 is 6.10 Å². The zero-order valence-corrected chi connectivity index (χ0v) is 11.9. The van der Waals surface area contributed by atoms with Gasteiger partial charge in [0.1, 0.15) is 6.10 Å². The Kier molecular flexibility index (Phi) is 5.19. The van der Waals surface area contributed by atoms with E-state index >= 15 is 0 Å². The van der Waals surface area contributed by atoms with Gasteiger partial charge >= 0.3 is 0 Å². The first-order chi connectivity index (χ1) is 9.10. The van der Waals surface area contributed by atoms with E-state index in [2.05, 4.69) is 19.3 Å². The molecular formula is C14H26N2O3. The van der Waals surface area contributed by atoms with Gasteiger partial charge in [0.05, 0.1) is 18.8 Å². The van der Waals surface area contributed by atoms with E-state index in [1.807, 2.05) is 0 Å². The van der Waals surface area contributed by atoms with Crippen molar-refractivity contribution in [2.45, 2.75) is 64.3 Å². The smallest absolute Gasteiger partial charge is 0.263 e. The summed E-state index contributed by atoms with van der Waals surface area (Å²) in [5.41, 5.74) is 2.14. The van der Waals surface area contributed by atoms with Crippen molar-refractivity contribution >= 4 is 5.91 Å². The molecule has 0 bridgehead atoms. The lowest BCUT2D eigenvalue weighted by Crippen LogP contribution is -2.39. The topological polar surface area (TPSA) is 73.6 Å². The average Bonchev–Trinajstić information content (AvgIpc) is 2.88. The first-order valence-corrected chi connectivity index (χ1v) is 7.37. The Balaban J connectivity index is 1.68. The molecule has 1 aliphatic heterocycles. The first kappa shape index (κ1) is 14.8. The normalized spacial score (nSPS) is 39.2. The van der Waals surface area contributed by atoms with Gasteiger partial charge in [-0.05, 0) is 43.9 Å². The van der Waals surface area contributed by atoms with Gasteiger partial charge in [0.15, 0.2) is 0 Å². The SMILES string of the molecule is CC1CCC(OCC2CCC(C(=O)NN)O2)CC1C. The Hall–Kier alpha value is -0.650. The molecule has 2 aliphatic rings. The van der Waals surface area contributed by atoms with E-state index in [-0.39, 0.29) is 12.0 Å². The largest absolute Gasteiger partial charge is 0.376 e. The number of amides is 1. The number of ether oxygens (including phenoxy) is 2. The Bertz CT molecular complexity index is 311. The summed E-state index contributed by atoms with van der Waals surface area (Å²) in [6.45, 7) is 5.21. The second-order valence-electron chi connectivity index (χ2n) is 6.06. The standard InChI is InChI=1S/C14H26N2O3/c1-9-3-4-11(7-10(9)2)18-8-12-5-6-13(19-12)14(17)16-15/h9-13H,3-8,15H2,1-2H3,(H,16,17). The second kappa shape index (κ2) is 6.68. The molecule has 1 saturated carbocycles. The monoisotopic (exact) mass is 270 g/mol. The predicted octanol–water partition coefficient (Wildman–Crippen LogP) is 1.37. The fourth-order valence-corrected chi connectivity index (χ4v) is 3.01. The zero-order chi connectivity index (χ0) is 13.8. The molecule has 1 aliphatic carbocycles. The minimum absolute atomic E-state index is 0.0388. The molecule has 1 saturated heterocycles. The molecule has 0 radical (unpaired) electrons. The average molecular weight is 270 g/mol. The van der Waals surface area contributed by atoms with E-state index in [0.717, 1.165) is 37.5 Å². The molecule has 1 amide bonds. The van der Waals surface area contributed by atoms with E-state index in [1.165, 1.54) is 6.42 Å². The number of hydrogen-bond donors (Lipinski definition) is 2. The van der Waals surface area contributed by atoms with E-state index in [1.54, 1.807) is 0 Å². The van der Waals surface area contributed by atoms with E-state index in [9.17, 15) is 4.79 Å². The van der Waals surface area contributed by atoms with E-state index in [0.29, 0.717) is 12.7 Å². The second-order valence-corrected chi connectivity index (χ2v) is 6.06. The van der Waals surface area contributed by atoms with Gasteiger partial charge in [0.2, 0.25) is 0 Å². The van der Waals surface area contributed by atoms with Crippen LogP contribution in [-0.2, 0) is 14.3 Å². The van der Waals surface area contributed by atoms with Crippen LogP contribution in [0.3, 0.4) is 0 Å². The van der Waals surface area contributed by atoms with Gasteiger partial charge in [-0.15, -0.1) is 0 Å². The number of hydrogen-bond acceptors (Lipinski definition) is 4. The number of nitrogens with two attached hydrogens (primary N) is 1. The summed E-state index contributed by atoms with van der Waals surface area (Å²) < 4.78 is 11.6. The Morgan fingerprint density at radius 1 is 1.26 bits per heavy atom. The maximum absolute atomic E-state index is 11.3. The lowest BCUT2D eigenvalue weighted by molar-refractivity contribution is -0.134. The van der Waals surface area contributed by atoms with Crippen molar-refractivity contribution < 1.29 is 14.3 Å². The van der Waals surface area contributed by atoms with Crippen LogP contribution in [0.25, 0.3) is 0 Å². The molecule has 5 heteroatoms. The summed E-state index contributed by atoms with van der Waals surface area (Å²) in [6.07, 6.45) is 5.13. The van der Waals surface area contributed by atoms with Crippen molar-refractivity contribution in [1.29, 1.82) is 0 Å². The third-order valence-corrected chi connectivity index (χ3v) is 4.61. The van der Waals surface area contributed by atoms with Gasteiger partial charge in [-0.25, -0.2) is 5.84 Å². The van der Waals surface area contributed by atoms with Crippen molar-refractivity contribution in [3.05, 3.63) is 0 Å². The lowest BCUT2D eigenvalue weighted by Gasteiger charge is -2.32. The molecule has 1 heterocycles. The minimum Gasteiger partial charge on any atom is -0.376 e. The molecule has 0 aromatic heterocycles. The van der Waals surface area contributed by atoms with Gasteiger partial charge in [0, 0.05) is 0 Å². The molecule has 3 N–H and O–H groups in total. The summed E-state index contributed by atoms with van der Waals surface area (Å²) in [5.74, 6) is 6.41. The molecule has 19 heavy (non-hydrogen) atoms. The van der Waals surface area contributed by atoms with Crippen LogP contribution in [0.1, 0.15) is 46.0 Å². The van der Waals surface area contributed by atoms with Crippen LogP contribution in [0.2, 0.25) is 0 Å². The van der Waals surface area contributed by atoms with Gasteiger partial charge < -0.3 is 9.47 Å². The Labute approximate surface area is 115 Å². The Morgan fingerprint density at radius 3 is 2.74 bits per heavy atom. The summed E-state index contributed by atoms with van der Waals surface area (Å²) in [5, 5.41) is 0. The molecular weight excluding hydrogens is 244 g/mol. The van der Waals surface area contributed by atoms with Gasteiger partial charge in [0.25, 0.3) is 5.91 Å². The highest BCUT2D eigenvalue weighted by Gasteiger charge is 2.32. The van der Waals surface area contributed by atoms with Crippen LogP contribution < -0.4 is 11.3 Å². The lowest BCUT2D eigenvalue weighted by atomic mass is 9.80. The van der Waals surface area contributed by atoms with Crippen LogP contribution in [-0.4, -0.2) is 30.8 Å². The number of carbonyl (C=O) groups is 1. The van der Waals surface area contributed by atoms with Crippen molar-refractivity contribution in [2.24, 2.45) is 17.7 Å². The summed E-state index contributed by atoms with van der Waals surface area (Å²) in [7, 11) is 0. The minimum atomic E-state index is -0.399. The van der Waals surface area contributed by atoms with Gasteiger partial charge in [-0.1, -0.05) is 13.8 Å². The molecule has 0 aromatic rings. The van der Waals surface area contributed by atoms with E-state index in [4.69, 9.17) is 15.3 Å². The molecule has 2 rings (SSSR count). The molecule has 0 aromatic carbocycles. The van der Waals surface area contributed by atoms with Crippen LogP contribution >= 0.6 is 0 Å². The van der Waals surface area contributed by atoms with Crippen LogP contribution in [0.15, 0.2) is 0 Å². The number of carbonyl (C=O) groups excluding carboxylic acids is 1. The van der Waals surface area contributed by atoms with Gasteiger partial charge in [-0.2, -0.15) is 0 Å². The maximum Gasteiger partial charge on any atom is 0.263 e. The van der Waals surface area contributed by atoms with Crippen molar-refractivity contribution in [1.82, 2.24) is 5.43 Å². The highest BCUT2D eigenvalue weighted by Crippen LogP contribution is 2.31. The molecule has 0 spiro atoms. The summed E-state index contributed by atoms with van der Waals surface area (Å²) >= 11 is 0. The molecule has 2 fully saturated rings. The highest BCUT2D eigenvalue weighted by atomic mass is 16.5. The van der Waals surface area contributed by atoms with Crippen LogP contribution in [0.4, 0.5) is 0 Å². The molecule has 5 nitrogen and oxygen atoms in total. The zero-order valence-electron chi connectivity index (χ0n) is 11.9. The quantitative estimate of drug-likeness (QED) is 0.459. The van der Waals surface area contributed by atoms with Crippen molar-refractivity contribution in [3.63, 3.8) is 0 Å². The van der Waals surface area contributed by atoms with Gasteiger partial charge in [-0.3, -0.25) is 10.2 Å². The third-order valence-electron chi connectivity index (χ3n) is 4.61. The molecule has 110 valence electrons. The maximum atomic E-state index is 11.3.